The molecule has 3 aliphatic heterocycles. The molecule has 0 saturated carbocycles. The predicted octanol–water partition coefficient (Wildman–Crippen LogP) is 4.06. The molecule has 3 heterocycles. The van der Waals surface area contributed by atoms with Gasteiger partial charge in [-0.15, -0.1) is 0 Å². The van der Waals surface area contributed by atoms with Gasteiger partial charge < -0.3 is 24.4 Å². The lowest BCUT2D eigenvalue weighted by Crippen LogP contribution is -2.46. The Bertz CT molecular complexity index is 1190. The van der Waals surface area contributed by atoms with Gasteiger partial charge in [-0.1, -0.05) is 48.9 Å². The van der Waals surface area contributed by atoms with E-state index in [9.17, 15) is 19.5 Å². The molecule has 2 amide bonds. The van der Waals surface area contributed by atoms with Gasteiger partial charge in [-0.25, -0.2) is 0 Å². The molecule has 7 nitrogen and oxygen atoms in total. The summed E-state index contributed by atoms with van der Waals surface area (Å²) in [6.07, 6.45) is 1.06. The van der Waals surface area contributed by atoms with Crippen molar-refractivity contribution in [3.63, 3.8) is 0 Å². The molecule has 5 rings (SSSR count). The fourth-order valence-corrected chi connectivity index (χ4v) is 9.54. The normalized spacial score (nSPS) is 29.4. The topological polar surface area (TPSA) is 90.3 Å². The molecule has 2 N–H and O–H groups in total. The molecule has 2 saturated heterocycles. The summed E-state index contributed by atoms with van der Waals surface area (Å²) >= 11 is 6.44. The van der Waals surface area contributed by atoms with Crippen LogP contribution in [0, 0.1) is 5.92 Å². The molecule has 1 spiro atoms. The van der Waals surface area contributed by atoms with Gasteiger partial charge in [-0.05, 0) is 49.7 Å². The van der Waals surface area contributed by atoms with Gasteiger partial charge in [0.15, 0.2) is 13.9 Å². The minimum absolute atomic E-state index is 0.0616. The summed E-state index contributed by atoms with van der Waals surface area (Å²) in [6, 6.07) is 15.0. The van der Waals surface area contributed by atoms with E-state index in [2.05, 4.69) is 0 Å². The van der Waals surface area contributed by atoms with Gasteiger partial charge in [0.2, 0.25) is 5.91 Å². The zero-order valence-electron chi connectivity index (χ0n) is 21.6. The average Bonchev–Trinajstić information content (AvgIpc) is 3.50. The van der Waals surface area contributed by atoms with Crippen LogP contribution in [0.1, 0.15) is 37.3 Å². The van der Waals surface area contributed by atoms with Gasteiger partial charge in [0, 0.05) is 28.6 Å². The van der Waals surface area contributed by atoms with Crippen molar-refractivity contribution in [1.82, 2.24) is 4.90 Å². The first-order valence-corrected chi connectivity index (χ1v) is 16.4. The van der Waals surface area contributed by atoms with Gasteiger partial charge in [0.05, 0.1) is 37.4 Å². The number of likely N-dealkylation sites (tertiary alicyclic amines) is 1. The molecule has 2 aromatic carbocycles. The first-order chi connectivity index (χ1) is 17.6. The molecule has 198 valence electrons. The summed E-state index contributed by atoms with van der Waals surface area (Å²) in [5.41, 5.74) is 0.746. The molecule has 0 unspecified atom stereocenters. The maximum Gasteiger partial charge on any atom is 0.264 e. The third kappa shape index (κ3) is 4.42. The zero-order valence-corrected chi connectivity index (χ0v) is 23.3. The molecule has 2 fully saturated rings. The van der Waals surface area contributed by atoms with Crippen molar-refractivity contribution in [2.75, 3.05) is 18.1 Å². The average molecular weight is 543 g/mol. The highest BCUT2D eigenvalue weighted by atomic mass is 35.5. The number of halogens is 1. The lowest BCUT2D eigenvalue weighted by molar-refractivity contribution is -0.150. The zero-order chi connectivity index (χ0) is 26.5. The van der Waals surface area contributed by atoms with Crippen molar-refractivity contribution < 1.29 is 24.2 Å². The van der Waals surface area contributed by atoms with Crippen LogP contribution in [0.3, 0.4) is 0 Å². The molecule has 2 aromatic rings. The third-order valence-electron chi connectivity index (χ3n) is 8.41. The Morgan fingerprint density at radius 2 is 1.95 bits per heavy atom. The number of hydrogen-bond acceptors (Lipinski definition) is 5. The minimum atomic E-state index is -2.88. The maximum absolute atomic E-state index is 14.3. The first-order valence-electron chi connectivity index (χ1n) is 13.0. The van der Waals surface area contributed by atoms with Crippen LogP contribution >= 0.6 is 11.6 Å². The van der Waals surface area contributed by atoms with E-state index in [1.165, 1.54) is 0 Å². The van der Waals surface area contributed by atoms with Crippen LogP contribution in [-0.2, 0) is 26.5 Å². The second-order valence-electron chi connectivity index (χ2n) is 11.2. The van der Waals surface area contributed by atoms with Gasteiger partial charge in [0.1, 0.15) is 0 Å². The molecule has 0 aromatic heterocycles. The smallest absolute Gasteiger partial charge is 0.264 e. The van der Waals surface area contributed by atoms with Crippen LogP contribution in [0.5, 0.6) is 0 Å². The van der Waals surface area contributed by atoms with Gasteiger partial charge in [-0.3, -0.25) is 9.59 Å². The van der Waals surface area contributed by atoms with E-state index >= 15 is 0 Å². The van der Waals surface area contributed by atoms with Crippen molar-refractivity contribution in [2.45, 2.75) is 69.1 Å². The number of amides is 2. The fourth-order valence-electron chi connectivity index (χ4n) is 6.82. The monoisotopic (exact) mass is 542 g/mol. The van der Waals surface area contributed by atoms with Crippen LogP contribution in [0.4, 0.5) is 5.69 Å². The number of ether oxygens (including phenoxy) is 1. The first kappa shape index (κ1) is 26.4. The quantitative estimate of drug-likeness (QED) is 0.537. The third-order valence-corrected chi connectivity index (χ3v) is 11.2. The number of fused-ring (bicyclic) bond motifs is 2. The van der Waals surface area contributed by atoms with Crippen LogP contribution in [0.25, 0.3) is 0 Å². The summed E-state index contributed by atoms with van der Waals surface area (Å²) in [7, 11) is -2.88. The van der Waals surface area contributed by atoms with Crippen LogP contribution in [-0.4, -0.2) is 60.2 Å². The Morgan fingerprint density at radius 1 is 1.22 bits per heavy atom. The number of nitrogens with zero attached hydrogens (tertiary/aromatic N) is 2. The van der Waals surface area contributed by atoms with E-state index < -0.39 is 20.0 Å². The van der Waals surface area contributed by atoms with Crippen molar-refractivity contribution in [2.24, 2.45) is 5.92 Å². The Morgan fingerprint density at radius 3 is 2.62 bits per heavy atom. The number of aliphatic hydroxyl groups excluding tert-OH is 1. The predicted molar refractivity (Wildman–Crippen MR) is 145 cm³/mol. The molecule has 0 aliphatic carbocycles. The Labute approximate surface area is 224 Å². The number of carbonyl (C=O) groups is 2. The number of aliphatic hydroxyl groups is 1. The lowest BCUT2D eigenvalue weighted by Gasteiger charge is -2.32. The Hall–Kier alpha value is -2.23. The van der Waals surface area contributed by atoms with Crippen LogP contribution in [0.15, 0.2) is 48.5 Å². The highest BCUT2D eigenvalue weighted by molar-refractivity contribution is 6.71. The van der Waals surface area contributed by atoms with Crippen molar-refractivity contribution in [1.29, 1.82) is 0 Å². The summed E-state index contributed by atoms with van der Waals surface area (Å²) in [5.74, 6) is -0.657. The van der Waals surface area contributed by atoms with Crippen molar-refractivity contribution in [3.05, 3.63) is 64.7 Å². The largest absolute Gasteiger partial charge is 0.432 e. The second kappa shape index (κ2) is 9.82. The highest BCUT2D eigenvalue weighted by Crippen LogP contribution is 2.60. The van der Waals surface area contributed by atoms with E-state index in [4.69, 9.17) is 16.3 Å². The van der Waals surface area contributed by atoms with Gasteiger partial charge >= 0.3 is 0 Å². The second-order valence-corrected chi connectivity index (χ2v) is 15.6. The molecule has 37 heavy (non-hydrogen) atoms. The Balaban J connectivity index is 1.54. The van der Waals surface area contributed by atoms with Crippen LogP contribution < -0.4 is 4.90 Å². The highest BCUT2D eigenvalue weighted by Gasteiger charge is 2.66. The number of rotatable bonds is 6. The number of anilines is 1. The minimum Gasteiger partial charge on any atom is -0.432 e. The molecule has 5 atom stereocenters. The van der Waals surface area contributed by atoms with E-state index in [1.807, 2.05) is 56.4 Å². The van der Waals surface area contributed by atoms with Crippen molar-refractivity contribution in [3.8, 4) is 0 Å². The van der Waals surface area contributed by atoms with E-state index in [-0.39, 0.29) is 42.3 Å². The standard InChI is InChI=1S/C28H35ClN2O5Si/c1-18-26(37(2,3)35)24(15-25(33)30-13-7-10-21(30)17-32)36-28(18)22-14-20(29)11-12-23(22)31(27(28)34)16-19-8-5-4-6-9-19/h4-6,8-9,11-12,14,18,21,24,26,32,35H,7,10,13,15-17H2,1-3H3/t18-,21-,24+,26-,28+/m0/s1. The number of benzene rings is 2. The van der Waals surface area contributed by atoms with Crippen LogP contribution in [0.2, 0.25) is 23.7 Å². The molecule has 3 aliphatic rings. The molecule has 0 radical (unpaired) electrons. The molecule has 0 bridgehead atoms. The molecular weight excluding hydrogens is 508 g/mol. The van der Waals surface area contributed by atoms with E-state index in [0.717, 1.165) is 24.1 Å². The van der Waals surface area contributed by atoms with E-state index in [1.54, 1.807) is 21.9 Å². The lowest BCUT2D eigenvalue weighted by atomic mass is 9.82. The molecule has 9 heteroatoms. The number of carbonyl (C=O) groups excluding carboxylic acids is 2. The maximum atomic E-state index is 14.3. The fraction of sp³-hybridized carbons (Fsp3) is 0.500. The Kier molecular flexibility index (Phi) is 7.00. The SMILES string of the molecule is C[C@H]1[C@H]([Si](C)(C)O)[C@@H](CC(=O)N2CCC[C@H]2CO)O[C@]12C(=O)N(Cc1ccccc1)c1ccc(Cl)cc12. The van der Waals surface area contributed by atoms with E-state index in [0.29, 0.717) is 23.7 Å². The summed E-state index contributed by atoms with van der Waals surface area (Å²) in [4.78, 5) is 42.6. The van der Waals surface area contributed by atoms with Crippen molar-refractivity contribution >= 4 is 37.4 Å². The summed E-state index contributed by atoms with van der Waals surface area (Å²) < 4.78 is 6.74. The number of hydrogen-bond donors (Lipinski definition) is 2. The molecular formula is C28H35ClN2O5Si. The van der Waals surface area contributed by atoms with Gasteiger partial charge in [-0.2, -0.15) is 0 Å². The summed E-state index contributed by atoms with van der Waals surface area (Å²) in [6.45, 7) is 6.57. The van der Waals surface area contributed by atoms with Gasteiger partial charge in [0.25, 0.3) is 5.91 Å². The summed E-state index contributed by atoms with van der Waals surface area (Å²) in [5, 5.41) is 10.2.